The lowest BCUT2D eigenvalue weighted by Crippen LogP contribution is -2.38. The standard InChI is InChI=1S/C15H26F2N2OS/c1-11(2)7-12(19(3)4)8-18-9-13-5-6-14(20-13)10-21-15(16)17/h5-6,11-12,15,18H,7-10H2,1-4H3. The number of hydrogen-bond donors (Lipinski definition) is 1. The number of rotatable bonds is 10. The Balaban J connectivity index is 2.34. The molecule has 0 aliphatic heterocycles. The first-order valence-electron chi connectivity index (χ1n) is 7.23. The van der Waals surface area contributed by atoms with Crippen LogP contribution in [0, 0.1) is 5.92 Å². The Bertz CT molecular complexity index is 397. The quantitative estimate of drug-likeness (QED) is 0.710. The fraction of sp³-hybridized carbons (Fsp3) is 0.733. The highest BCUT2D eigenvalue weighted by molar-refractivity contribution is 7.98. The summed E-state index contributed by atoms with van der Waals surface area (Å²) in [7, 11) is 4.17. The minimum absolute atomic E-state index is 0.214. The van der Waals surface area contributed by atoms with Gasteiger partial charge in [-0.05, 0) is 38.6 Å². The van der Waals surface area contributed by atoms with E-state index >= 15 is 0 Å². The molecule has 0 radical (unpaired) electrons. The zero-order valence-corrected chi connectivity index (χ0v) is 14.1. The second-order valence-corrected chi connectivity index (χ2v) is 6.80. The van der Waals surface area contributed by atoms with Gasteiger partial charge in [0, 0.05) is 12.6 Å². The van der Waals surface area contributed by atoms with Gasteiger partial charge < -0.3 is 14.6 Å². The first kappa shape index (κ1) is 18.5. The Morgan fingerprint density at radius 2 is 1.90 bits per heavy atom. The van der Waals surface area contributed by atoms with Gasteiger partial charge in [0.25, 0.3) is 5.76 Å². The molecule has 1 N–H and O–H groups in total. The third-order valence-electron chi connectivity index (χ3n) is 3.22. The molecular formula is C15H26F2N2OS. The maximum atomic E-state index is 12.1. The highest BCUT2D eigenvalue weighted by Gasteiger charge is 2.13. The molecule has 0 saturated heterocycles. The Kier molecular flexibility index (Phi) is 8.29. The van der Waals surface area contributed by atoms with Gasteiger partial charge >= 0.3 is 0 Å². The van der Waals surface area contributed by atoms with Crippen molar-refractivity contribution in [3.63, 3.8) is 0 Å². The van der Waals surface area contributed by atoms with Gasteiger partial charge in [0.15, 0.2) is 0 Å². The van der Waals surface area contributed by atoms with Crippen LogP contribution in [0.5, 0.6) is 0 Å². The van der Waals surface area contributed by atoms with E-state index in [4.69, 9.17) is 4.42 Å². The van der Waals surface area contributed by atoms with Crippen LogP contribution in [0.15, 0.2) is 16.5 Å². The molecule has 21 heavy (non-hydrogen) atoms. The van der Waals surface area contributed by atoms with E-state index in [0.717, 1.165) is 18.7 Å². The molecule has 0 aliphatic carbocycles. The fourth-order valence-electron chi connectivity index (χ4n) is 2.12. The van der Waals surface area contributed by atoms with Gasteiger partial charge in [-0.1, -0.05) is 25.6 Å². The summed E-state index contributed by atoms with van der Waals surface area (Å²) in [4.78, 5) is 2.22. The summed E-state index contributed by atoms with van der Waals surface area (Å²) in [6.45, 7) is 5.95. The SMILES string of the molecule is CC(C)CC(CNCc1ccc(CSC(F)F)o1)N(C)C. The number of alkyl halides is 2. The number of furan rings is 1. The number of likely N-dealkylation sites (N-methyl/N-ethyl adjacent to an activating group) is 1. The molecule has 0 saturated carbocycles. The maximum Gasteiger partial charge on any atom is 0.284 e. The Hall–Kier alpha value is -0.590. The summed E-state index contributed by atoms with van der Waals surface area (Å²) in [5.41, 5.74) is 0. The lowest BCUT2D eigenvalue weighted by molar-refractivity contribution is 0.245. The van der Waals surface area contributed by atoms with Crippen LogP contribution in [0.3, 0.4) is 0 Å². The van der Waals surface area contributed by atoms with Crippen LogP contribution in [0.4, 0.5) is 8.78 Å². The second kappa shape index (κ2) is 9.43. The molecule has 0 spiro atoms. The van der Waals surface area contributed by atoms with Crippen molar-refractivity contribution in [2.45, 2.75) is 44.4 Å². The molecule has 1 heterocycles. The van der Waals surface area contributed by atoms with E-state index in [1.165, 1.54) is 0 Å². The minimum Gasteiger partial charge on any atom is -0.464 e. The maximum absolute atomic E-state index is 12.1. The normalized spacial score (nSPS) is 13.6. The van der Waals surface area contributed by atoms with Crippen molar-refractivity contribution in [1.82, 2.24) is 10.2 Å². The van der Waals surface area contributed by atoms with Gasteiger partial charge in [-0.25, -0.2) is 0 Å². The molecule has 1 aromatic rings. The average Bonchev–Trinajstić information content (AvgIpc) is 2.82. The molecule has 1 unspecified atom stereocenters. The molecule has 1 aromatic heterocycles. The molecule has 0 amide bonds. The highest BCUT2D eigenvalue weighted by Crippen LogP contribution is 2.21. The Labute approximate surface area is 130 Å². The predicted octanol–water partition coefficient (Wildman–Crippen LogP) is 3.80. The molecule has 0 aliphatic rings. The largest absolute Gasteiger partial charge is 0.464 e. The highest BCUT2D eigenvalue weighted by atomic mass is 32.2. The third kappa shape index (κ3) is 7.83. The number of nitrogens with one attached hydrogen (secondary N) is 1. The first-order chi connectivity index (χ1) is 9.88. The van der Waals surface area contributed by atoms with Crippen LogP contribution in [-0.2, 0) is 12.3 Å². The zero-order valence-electron chi connectivity index (χ0n) is 13.2. The van der Waals surface area contributed by atoms with E-state index in [9.17, 15) is 8.78 Å². The fourth-order valence-corrected chi connectivity index (χ4v) is 2.57. The number of nitrogens with zero attached hydrogens (tertiary/aromatic N) is 1. The Morgan fingerprint density at radius 1 is 1.24 bits per heavy atom. The van der Waals surface area contributed by atoms with E-state index in [1.807, 2.05) is 6.07 Å². The van der Waals surface area contributed by atoms with Crippen molar-refractivity contribution >= 4 is 11.8 Å². The molecule has 0 bridgehead atoms. The Morgan fingerprint density at radius 3 is 2.48 bits per heavy atom. The minimum atomic E-state index is -2.35. The van der Waals surface area contributed by atoms with Crippen molar-refractivity contribution in [2.24, 2.45) is 5.92 Å². The van der Waals surface area contributed by atoms with Crippen molar-refractivity contribution in [2.75, 3.05) is 20.6 Å². The topological polar surface area (TPSA) is 28.4 Å². The summed E-state index contributed by atoms with van der Waals surface area (Å²) < 4.78 is 29.7. The second-order valence-electron chi connectivity index (χ2n) is 5.82. The lowest BCUT2D eigenvalue weighted by Gasteiger charge is -2.26. The van der Waals surface area contributed by atoms with Gasteiger partial charge in [-0.2, -0.15) is 8.78 Å². The van der Waals surface area contributed by atoms with Crippen LogP contribution in [0.1, 0.15) is 31.8 Å². The van der Waals surface area contributed by atoms with Crippen LogP contribution >= 0.6 is 11.8 Å². The lowest BCUT2D eigenvalue weighted by atomic mass is 10.0. The molecule has 1 rings (SSSR count). The number of halogens is 2. The number of hydrogen-bond acceptors (Lipinski definition) is 4. The van der Waals surface area contributed by atoms with E-state index in [-0.39, 0.29) is 5.75 Å². The average molecular weight is 320 g/mol. The van der Waals surface area contributed by atoms with Crippen LogP contribution < -0.4 is 5.32 Å². The van der Waals surface area contributed by atoms with Gasteiger partial charge in [-0.15, -0.1) is 0 Å². The molecule has 3 nitrogen and oxygen atoms in total. The summed E-state index contributed by atoms with van der Waals surface area (Å²) in [6.07, 6.45) is 1.13. The van der Waals surface area contributed by atoms with Gasteiger partial charge in [0.1, 0.15) is 11.5 Å². The molecule has 1 atom stereocenters. The smallest absolute Gasteiger partial charge is 0.284 e. The van der Waals surface area contributed by atoms with Crippen LogP contribution in [0.2, 0.25) is 0 Å². The summed E-state index contributed by atoms with van der Waals surface area (Å²) in [5, 5.41) is 3.38. The molecule has 6 heteroatoms. The van der Waals surface area contributed by atoms with Gasteiger partial charge in [0.05, 0.1) is 12.3 Å². The zero-order chi connectivity index (χ0) is 15.8. The summed E-state index contributed by atoms with van der Waals surface area (Å²) in [6, 6.07) is 4.10. The van der Waals surface area contributed by atoms with Crippen molar-refractivity contribution < 1.29 is 13.2 Å². The van der Waals surface area contributed by atoms with Crippen molar-refractivity contribution in [1.29, 1.82) is 0 Å². The molecule has 122 valence electrons. The van der Waals surface area contributed by atoms with Gasteiger partial charge in [-0.3, -0.25) is 0 Å². The first-order valence-corrected chi connectivity index (χ1v) is 8.27. The summed E-state index contributed by atoms with van der Waals surface area (Å²) in [5.74, 6) is -0.0922. The molecular weight excluding hydrogens is 294 g/mol. The van der Waals surface area contributed by atoms with Gasteiger partial charge in [0.2, 0.25) is 0 Å². The van der Waals surface area contributed by atoms with Crippen LogP contribution in [0.25, 0.3) is 0 Å². The third-order valence-corrected chi connectivity index (χ3v) is 3.93. The van der Waals surface area contributed by atoms with E-state index < -0.39 is 5.76 Å². The van der Waals surface area contributed by atoms with E-state index in [0.29, 0.717) is 36.0 Å². The summed E-state index contributed by atoms with van der Waals surface area (Å²) >= 11 is 0.583. The molecule has 0 aromatic carbocycles. The van der Waals surface area contributed by atoms with E-state index in [1.54, 1.807) is 6.07 Å². The van der Waals surface area contributed by atoms with Crippen molar-refractivity contribution in [3.05, 3.63) is 23.7 Å². The van der Waals surface area contributed by atoms with Crippen molar-refractivity contribution in [3.8, 4) is 0 Å². The van der Waals surface area contributed by atoms with E-state index in [2.05, 4.69) is 38.2 Å². The number of thioether (sulfide) groups is 1. The predicted molar refractivity (Wildman–Crippen MR) is 84.6 cm³/mol. The van der Waals surface area contributed by atoms with Crippen LogP contribution in [-0.4, -0.2) is 37.3 Å². The molecule has 0 fully saturated rings. The monoisotopic (exact) mass is 320 g/mol.